The first-order valence-electron chi connectivity index (χ1n) is 6.47. The van der Waals surface area contributed by atoms with Crippen LogP contribution in [0.3, 0.4) is 0 Å². The monoisotopic (exact) mass is 310 g/mol. The molecular formula is C14H18N2O4S. The van der Waals surface area contributed by atoms with Crippen molar-refractivity contribution in [3.63, 3.8) is 0 Å². The molecule has 114 valence electrons. The molecule has 0 bridgehead atoms. The molecule has 6 nitrogen and oxygen atoms in total. The van der Waals surface area contributed by atoms with E-state index in [0.717, 1.165) is 0 Å². The summed E-state index contributed by atoms with van der Waals surface area (Å²) in [6.45, 7) is 2.26. The molecule has 0 spiro atoms. The number of ether oxygens (including phenoxy) is 1. The third kappa shape index (κ3) is 3.37. The van der Waals surface area contributed by atoms with Crippen molar-refractivity contribution in [1.82, 2.24) is 4.57 Å². The molecular weight excluding hydrogens is 292 g/mol. The van der Waals surface area contributed by atoms with Gasteiger partial charge in [0, 0.05) is 24.5 Å². The number of hydrogen-bond acceptors (Lipinski definition) is 4. The van der Waals surface area contributed by atoms with Gasteiger partial charge in [-0.2, -0.15) is 0 Å². The predicted octanol–water partition coefficient (Wildman–Crippen LogP) is 1.81. The summed E-state index contributed by atoms with van der Waals surface area (Å²) in [7, 11) is -2.18. The molecule has 1 aromatic heterocycles. The summed E-state index contributed by atoms with van der Waals surface area (Å²) in [5, 5.41) is 9.23. The lowest BCUT2D eigenvalue weighted by Gasteiger charge is -2.07. The number of aliphatic hydroxyl groups excluding tert-OH is 1. The molecule has 2 rings (SSSR count). The van der Waals surface area contributed by atoms with Gasteiger partial charge < -0.3 is 14.4 Å². The molecule has 0 saturated carbocycles. The second-order valence-electron chi connectivity index (χ2n) is 4.45. The Kier molecular flexibility index (Phi) is 4.54. The van der Waals surface area contributed by atoms with Crippen LogP contribution in [-0.2, 0) is 23.2 Å². The number of benzene rings is 1. The van der Waals surface area contributed by atoms with Crippen LogP contribution in [0.5, 0.6) is 5.75 Å². The molecule has 0 aliphatic heterocycles. The molecule has 0 saturated heterocycles. The Morgan fingerprint density at radius 2 is 2.10 bits per heavy atom. The van der Waals surface area contributed by atoms with Gasteiger partial charge in [0.15, 0.2) is 0 Å². The van der Waals surface area contributed by atoms with E-state index in [1.165, 1.54) is 19.4 Å². The zero-order valence-corrected chi connectivity index (χ0v) is 12.7. The lowest BCUT2D eigenvalue weighted by atomic mass is 10.3. The molecule has 7 heteroatoms. The summed E-state index contributed by atoms with van der Waals surface area (Å²) in [6.07, 6.45) is 1.51. The van der Waals surface area contributed by atoms with E-state index < -0.39 is 10.0 Å². The second kappa shape index (κ2) is 6.19. The van der Waals surface area contributed by atoms with Gasteiger partial charge in [0.25, 0.3) is 10.0 Å². The van der Waals surface area contributed by atoms with Gasteiger partial charge in [-0.25, -0.2) is 8.42 Å². The van der Waals surface area contributed by atoms with Crippen LogP contribution in [0, 0.1) is 0 Å². The van der Waals surface area contributed by atoms with E-state index >= 15 is 0 Å². The summed E-state index contributed by atoms with van der Waals surface area (Å²) in [5.41, 5.74) is 0.979. The predicted molar refractivity (Wildman–Crippen MR) is 79.8 cm³/mol. The number of aromatic nitrogens is 1. The van der Waals surface area contributed by atoms with Crippen molar-refractivity contribution in [1.29, 1.82) is 0 Å². The van der Waals surface area contributed by atoms with Crippen molar-refractivity contribution < 1.29 is 18.3 Å². The number of anilines is 1. The van der Waals surface area contributed by atoms with Crippen molar-refractivity contribution in [3.8, 4) is 5.75 Å². The van der Waals surface area contributed by atoms with Crippen LogP contribution < -0.4 is 9.46 Å². The topological polar surface area (TPSA) is 80.6 Å². The SMILES string of the molecule is CCn1cc(S(=O)(=O)Nc2cccc(OC)c2)cc1CO. The third-order valence-electron chi connectivity index (χ3n) is 3.10. The number of aryl methyl sites for hydroxylation is 1. The highest BCUT2D eigenvalue weighted by Crippen LogP contribution is 2.22. The maximum atomic E-state index is 12.4. The molecule has 0 aliphatic rings. The highest BCUT2D eigenvalue weighted by Gasteiger charge is 2.18. The van der Waals surface area contributed by atoms with Crippen LogP contribution in [0.2, 0.25) is 0 Å². The number of nitrogens with zero attached hydrogens (tertiary/aromatic N) is 1. The first-order chi connectivity index (χ1) is 10.00. The molecule has 2 N–H and O–H groups in total. The van der Waals surface area contributed by atoms with E-state index in [0.29, 0.717) is 23.7 Å². The van der Waals surface area contributed by atoms with Gasteiger partial charge in [0.2, 0.25) is 0 Å². The van der Waals surface area contributed by atoms with Gasteiger partial charge in [-0.3, -0.25) is 4.72 Å². The maximum absolute atomic E-state index is 12.4. The molecule has 2 aromatic rings. The molecule has 0 radical (unpaired) electrons. The van der Waals surface area contributed by atoms with Crippen LogP contribution in [0.25, 0.3) is 0 Å². The van der Waals surface area contributed by atoms with Crippen molar-refractivity contribution in [2.24, 2.45) is 0 Å². The number of rotatable bonds is 6. The minimum atomic E-state index is -3.70. The fourth-order valence-electron chi connectivity index (χ4n) is 2.00. The molecule has 21 heavy (non-hydrogen) atoms. The zero-order valence-electron chi connectivity index (χ0n) is 11.9. The Hall–Kier alpha value is -1.99. The number of sulfonamides is 1. The van der Waals surface area contributed by atoms with Crippen LogP contribution in [0.15, 0.2) is 41.4 Å². The number of hydrogen-bond donors (Lipinski definition) is 2. The molecule has 1 heterocycles. The van der Waals surface area contributed by atoms with Gasteiger partial charge in [0.1, 0.15) is 10.6 Å². The van der Waals surface area contributed by atoms with Crippen LogP contribution >= 0.6 is 0 Å². The van der Waals surface area contributed by atoms with E-state index in [-0.39, 0.29) is 11.5 Å². The van der Waals surface area contributed by atoms with Crippen LogP contribution in [0.1, 0.15) is 12.6 Å². The average molecular weight is 310 g/mol. The molecule has 1 aromatic carbocycles. The molecule has 0 fully saturated rings. The van der Waals surface area contributed by atoms with Gasteiger partial charge >= 0.3 is 0 Å². The van der Waals surface area contributed by atoms with E-state index in [1.807, 2.05) is 6.92 Å². The largest absolute Gasteiger partial charge is 0.497 e. The first-order valence-corrected chi connectivity index (χ1v) is 7.95. The molecule has 0 unspecified atom stereocenters. The van der Waals surface area contributed by atoms with Crippen molar-refractivity contribution in [2.75, 3.05) is 11.8 Å². The molecule has 0 aliphatic carbocycles. The summed E-state index contributed by atoms with van der Waals surface area (Å²) in [5.74, 6) is 0.567. The third-order valence-corrected chi connectivity index (χ3v) is 4.44. The Morgan fingerprint density at radius 3 is 2.67 bits per heavy atom. The average Bonchev–Trinajstić information content (AvgIpc) is 2.91. The Bertz CT molecular complexity index is 701. The summed E-state index contributed by atoms with van der Waals surface area (Å²) in [4.78, 5) is 0.121. The van der Waals surface area contributed by atoms with Crippen LogP contribution in [0.4, 0.5) is 5.69 Å². The lowest BCUT2D eigenvalue weighted by molar-refractivity contribution is 0.271. The minimum absolute atomic E-state index is 0.121. The Balaban J connectivity index is 2.31. The van der Waals surface area contributed by atoms with Gasteiger partial charge in [-0.1, -0.05) is 6.07 Å². The van der Waals surface area contributed by atoms with Crippen molar-refractivity contribution in [2.45, 2.75) is 25.0 Å². The lowest BCUT2D eigenvalue weighted by Crippen LogP contribution is -2.12. The van der Waals surface area contributed by atoms with E-state index in [2.05, 4.69) is 4.72 Å². The normalized spacial score (nSPS) is 11.4. The van der Waals surface area contributed by atoms with E-state index in [1.54, 1.807) is 28.8 Å². The van der Waals surface area contributed by atoms with Crippen LogP contribution in [-0.4, -0.2) is 25.2 Å². The number of methoxy groups -OCH3 is 1. The molecule has 0 amide bonds. The Labute approximate surface area is 124 Å². The zero-order chi connectivity index (χ0) is 15.5. The summed E-state index contributed by atoms with van der Waals surface area (Å²) in [6, 6.07) is 8.14. The summed E-state index contributed by atoms with van der Waals surface area (Å²) >= 11 is 0. The van der Waals surface area contributed by atoms with Crippen molar-refractivity contribution >= 4 is 15.7 Å². The number of nitrogens with one attached hydrogen (secondary N) is 1. The first kappa shape index (κ1) is 15.4. The quantitative estimate of drug-likeness (QED) is 0.852. The Morgan fingerprint density at radius 1 is 1.33 bits per heavy atom. The smallest absolute Gasteiger partial charge is 0.263 e. The number of aliphatic hydroxyl groups is 1. The molecule has 0 atom stereocenters. The van der Waals surface area contributed by atoms with Gasteiger partial charge in [-0.15, -0.1) is 0 Å². The van der Waals surface area contributed by atoms with Gasteiger partial charge in [-0.05, 0) is 25.1 Å². The minimum Gasteiger partial charge on any atom is -0.497 e. The van der Waals surface area contributed by atoms with Crippen molar-refractivity contribution in [3.05, 3.63) is 42.2 Å². The van der Waals surface area contributed by atoms with Gasteiger partial charge in [0.05, 0.1) is 19.4 Å². The second-order valence-corrected chi connectivity index (χ2v) is 6.13. The van der Waals surface area contributed by atoms with E-state index in [4.69, 9.17) is 4.74 Å². The fraction of sp³-hybridized carbons (Fsp3) is 0.286. The maximum Gasteiger partial charge on any atom is 0.263 e. The fourth-order valence-corrected chi connectivity index (χ4v) is 3.11. The highest BCUT2D eigenvalue weighted by atomic mass is 32.2. The van der Waals surface area contributed by atoms with E-state index in [9.17, 15) is 13.5 Å². The standard InChI is InChI=1S/C14H18N2O4S/c1-3-16-9-14(8-12(16)10-17)21(18,19)15-11-5-4-6-13(7-11)20-2/h4-9,15,17H,3,10H2,1-2H3. The highest BCUT2D eigenvalue weighted by molar-refractivity contribution is 7.92. The summed E-state index contributed by atoms with van der Waals surface area (Å²) < 4.78 is 34.0.